The second-order valence-corrected chi connectivity index (χ2v) is 7.65. The standard InChI is InChI=1S/C21H38N2O2/c1-4-5-6-7-8-9-10-11-12-13-14-15-16-20(21(24)25)23(3)18-17-22-19(23)2/h17-18,20H,4-16H2,1-3H3/p+1. The third-order valence-electron chi connectivity index (χ3n) is 5.60. The molecule has 4 nitrogen and oxygen atoms in total. The molecule has 0 radical (unpaired) electrons. The molecule has 0 fully saturated rings. The maximum absolute atomic E-state index is 11.7. The molecule has 2 unspecified atom stereocenters. The minimum Gasteiger partial charge on any atom is -0.477 e. The van der Waals surface area contributed by atoms with Crippen molar-refractivity contribution in [2.45, 2.75) is 103 Å². The van der Waals surface area contributed by atoms with Gasteiger partial charge in [-0.25, -0.2) is 14.3 Å². The van der Waals surface area contributed by atoms with Crippen LogP contribution in [0.25, 0.3) is 0 Å². The van der Waals surface area contributed by atoms with E-state index in [4.69, 9.17) is 0 Å². The number of unbranched alkanes of at least 4 members (excludes halogenated alkanes) is 11. The topological polar surface area (TPSA) is 49.7 Å². The fraction of sp³-hybridized carbons (Fsp3) is 0.810. The van der Waals surface area contributed by atoms with Crippen LogP contribution in [0.5, 0.6) is 0 Å². The molecule has 1 aliphatic rings. The summed E-state index contributed by atoms with van der Waals surface area (Å²) in [5.41, 5.74) is 0. The molecule has 0 spiro atoms. The van der Waals surface area contributed by atoms with Gasteiger partial charge in [0.15, 0.2) is 6.04 Å². The zero-order chi connectivity index (χ0) is 18.5. The molecule has 1 heterocycles. The molecule has 0 aromatic carbocycles. The van der Waals surface area contributed by atoms with Crippen molar-refractivity contribution >= 4 is 11.8 Å². The van der Waals surface area contributed by atoms with Crippen LogP contribution < -0.4 is 0 Å². The van der Waals surface area contributed by atoms with Gasteiger partial charge in [-0.05, 0) is 6.42 Å². The van der Waals surface area contributed by atoms with Gasteiger partial charge >= 0.3 is 5.97 Å². The molecule has 144 valence electrons. The van der Waals surface area contributed by atoms with E-state index in [2.05, 4.69) is 11.9 Å². The van der Waals surface area contributed by atoms with Gasteiger partial charge in [-0.3, -0.25) is 0 Å². The number of carboxylic acid groups (broad SMARTS) is 1. The van der Waals surface area contributed by atoms with Crippen molar-refractivity contribution in [2.24, 2.45) is 4.99 Å². The highest BCUT2D eigenvalue weighted by Crippen LogP contribution is 2.23. The molecule has 0 bridgehead atoms. The Bertz CT molecular complexity index is 445. The minimum atomic E-state index is -0.716. The molecule has 0 aromatic heterocycles. The van der Waals surface area contributed by atoms with Gasteiger partial charge in [0.05, 0.1) is 13.2 Å². The fourth-order valence-electron chi connectivity index (χ4n) is 3.64. The number of rotatable bonds is 15. The van der Waals surface area contributed by atoms with Gasteiger partial charge < -0.3 is 5.11 Å². The lowest BCUT2D eigenvalue weighted by Crippen LogP contribution is -2.53. The molecule has 2 atom stereocenters. The van der Waals surface area contributed by atoms with Crippen LogP contribution >= 0.6 is 0 Å². The van der Waals surface area contributed by atoms with Crippen LogP contribution in [0.3, 0.4) is 0 Å². The number of aliphatic carboxylic acids is 1. The molecule has 0 aromatic rings. The zero-order valence-electron chi connectivity index (χ0n) is 16.7. The van der Waals surface area contributed by atoms with Crippen LogP contribution in [0.2, 0.25) is 0 Å². The van der Waals surface area contributed by atoms with Crippen LogP contribution in [0.15, 0.2) is 17.4 Å². The smallest absolute Gasteiger partial charge is 0.363 e. The molecule has 1 N–H and O–H groups in total. The average molecular weight is 352 g/mol. The van der Waals surface area contributed by atoms with Crippen molar-refractivity contribution < 1.29 is 14.4 Å². The Labute approximate surface area is 154 Å². The highest BCUT2D eigenvalue weighted by molar-refractivity contribution is 5.80. The lowest BCUT2D eigenvalue weighted by atomic mass is 10.0. The summed E-state index contributed by atoms with van der Waals surface area (Å²) in [7, 11) is 1.95. The van der Waals surface area contributed by atoms with E-state index in [-0.39, 0.29) is 0 Å². The van der Waals surface area contributed by atoms with Gasteiger partial charge in [0.25, 0.3) is 0 Å². The summed E-state index contributed by atoms with van der Waals surface area (Å²) in [5, 5.41) is 9.59. The number of hydrogen-bond donors (Lipinski definition) is 1. The highest BCUT2D eigenvalue weighted by atomic mass is 16.4. The first-order valence-electron chi connectivity index (χ1n) is 10.3. The number of nitrogens with zero attached hydrogens (tertiary/aromatic N) is 2. The van der Waals surface area contributed by atoms with Gasteiger partial charge in [-0.2, -0.15) is 0 Å². The van der Waals surface area contributed by atoms with Crippen LogP contribution in [0.4, 0.5) is 0 Å². The Morgan fingerprint density at radius 1 is 1.00 bits per heavy atom. The molecule has 0 saturated heterocycles. The summed E-state index contributed by atoms with van der Waals surface area (Å²) in [6.45, 7) is 4.18. The first-order valence-corrected chi connectivity index (χ1v) is 10.3. The first kappa shape index (κ1) is 21.9. The largest absolute Gasteiger partial charge is 0.477 e. The summed E-state index contributed by atoms with van der Waals surface area (Å²) in [4.78, 5) is 15.9. The van der Waals surface area contributed by atoms with Crippen LogP contribution in [0, 0.1) is 0 Å². The minimum absolute atomic E-state index is 0.327. The number of carbonyl (C=O) groups is 1. The maximum Gasteiger partial charge on any atom is 0.363 e. The summed E-state index contributed by atoms with van der Waals surface area (Å²) in [6.07, 6.45) is 20.0. The summed E-state index contributed by atoms with van der Waals surface area (Å²) < 4.78 is 0.327. The monoisotopic (exact) mass is 351 g/mol. The van der Waals surface area contributed by atoms with Crippen molar-refractivity contribution in [3.05, 3.63) is 12.4 Å². The maximum atomic E-state index is 11.7. The molecule has 25 heavy (non-hydrogen) atoms. The van der Waals surface area contributed by atoms with E-state index in [1.165, 1.54) is 64.2 Å². The SMILES string of the molecule is CCCCCCCCCCCCCCC(C(=O)O)[N+]1(C)C=CN=C1C. The molecule has 0 amide bonds. The van der Waals surface area contributed by atoms with E-state index in [0.717, 1.165) is 25.1 Å². The number of hydrogen-bond acceptors (Lipinski definition) is 2. The van der Waals surface area contributed by atoms with Crippen molar-refractivity contribution in [1.29, 1.82) is 0 Å². The number of amidine groups is 1. The lowest BCUT2D eigenvalue weighted by Gasteiger charge is -2.32. The quantitative estimate of drug-likeness (QED) is 0.296. The number of aliphatic imine (C=N–C) groups is 1. The predicted octanol–water partition coefficient (Wildman–Crippen LogP) is 5.88. The van der Waals surface area contributed by atoms with Gasteiger partial charge in [0, 0.05) is 13.3 Å². The number of likely N-dealkylation sites (N-methyl/N-ethyl adjacent to an activating group) is 1. The Hall–Kier alpha value is -1.16. The predicted molar refractivity (Wildman–Crippen MR) is 106 cm³/mol. The number of carboxylic acids is 1. The first-order chi connectivity index (χ1) is 12.0. The molecular weight excluding hydrogens is 312 g/mol. The van der Waals surface area contributed by atoms with E-state index in [1.807, 2.05) is 20.2 Å². The van der Waals surface area contributed by atoms with E-state index < -0.39 is 12.0 Å². The van der Waals surface area contributed by atoms with E-state index in [1.54, 1.807) is 6.20 Å². The van der Waals surface area contributed by atoms with Gasteiger partial charge in [0.2, 0.25) is 5.84 Å². The Kier molecular flexibility index (Phi) is 10.7. The summed E-state index contributed by atoms with van der Waals surface area (Å²) in [6, 6.07) is -0.411. The zero-order valence-corrected chi connectivity index (χ0v) is 16.7. The normalized spacial score (nSPS) is 20.7. The highest BCUT2D eigenvalue weighted by Gasteiger charge is 2.41. The van der Waals surface area contributed by atoms with Crippen molar-refractivity contribution in [2.75, 3.05) is 7.05 Å². The number of quaternary nitrogens is 1. The third kappa shape index (κ3) is 7.72. The van der Waals surface area contributed by atoms with Crippen molar-refractivity contribution in [1.82, 2.24) is 0 Å². The molecule has 4 heteroatoms. The van der Waals surface area contributed by atoms with Gasteiger partial charge in [-0.1, -0.05) is 77.6 Å². The van der Waals surface area contributed by atoms with Crippen molar-refractivity contribution in [3.8, 4) is 0 Å². The van der Waals surface area contributed by atoms with Gasteiger partial charge in [0.1, 0.15) is 6.20 Å². The summed E-state index contributed by atoms with van der Waals surface area (Å²) in [5.74, 6) is 0.151. The molecular formula is C21H39N2O2+. The molecule has 1 rings (SSSR count). The fourth-order valence-corrected chi connectivity index (χ4v) is 3.64. The Morgan fingerprint density at radius 2 is 1.48 bits per heavy atom. The van der Waals surface area contributed by atoms with Crippen LogP contribution in [-0.2, 0) is 4.79 Å². The molecule has 0 saturated carbocycles. The Morgan fingerprint density at radius 3 is 1.88 bits per heavy atom. The second kappa shape index (κ2) is 12.2. The molecule has 1 aliphatic heterocycles. The van der Waals surface area contributed by atoms with E-state index in [0.29, 0.717) is 4.48 Å². The third-order valence-corrected chi connectivity index (χ3v) is 5.60. The van der Waals surface area contributed by atoms with Crippen LogP contribution in [-0.4, -0.2) is 34.5 Å². The van der Waals surface area contributed by atoms with Crippen molar-refractivity contribution in [3.63, 3.8) is 0 Å². The van der Waals surface area contributed by atoms with E-state index >= 15 is 0 Å². The summed E-state index contributed by atoms with van der Waals surface area (Å²) >= 11 is 0. The lowest BCUT2D eigenvalue weighted by molar-refractivity contribution is -0.784. The second-order valence-electron chi connectivity index (χ2n) is 7.65. The Balaban J connectivity index is 2.07. The van der Waals surface area contributed by atoms with E-state index in [9.17, 15) is 9.90 Å². The van der Waals surface area contributed by atoms with Crippen LogP contribution in [0.1, 0.15) is 97.3 Å². The molecule has 0 aliphatic carbocycles. The average Bonchev–Trinajstić information content (AvgIpc) is 2.91. The van der Waals surface area contributed by atoms with Gasteiger partial charge in [-0.15, -0.1) is 0 Å².